The summed E-state index contributed by atoms with van der Waals surface area (Å²) in [6.45, 7) is 21.5. The van der Waals surface area contributed by atoms with E-state index in [-0.39, 0.29) is 14.3 Å². The number of alkyl halides is 1. The lowest BCUT2D eigenvalue weighted by Crippen LogP contribution is -2.40. The molecular formula is C30H42INS. The highest BCUT2D eigenvalue weighted by Crippen LogP contribution is 2.54. The fourth-order valence-electron chi connectivity index (χ4n) is 6.05. The van der Waals surface area contributed by atoms with Crippen LogP contribution in [0.1, 0.15) is 91.7 Å². The Morgan fingerprint density at radius 1 is 0.939 bits per heavy atom. The normalized spacial score (nSPS) is 33.7. The number of hydrogen-bond donors (Lipinski definition) is 1. The third-order valence-corrected chi connectivity index (χ3v) is 10.6. The first-order valence-electron chi connectivity index (χ1n) is 12.5. The number of anilines is 1. The minimum atomic E-state index is 0.219. The van der Waals surface area contributed by atoms with Gasteiger partial charge in [0.2, 0.25) is 0 Å². The van der Waals surface area contributed by atoms with Gasteiger partial charge in [0.25, 0.3) is 0 Å². The summed E-state index contributed by atoms with van der Waals surface area (Å²) in [5.41, 5.74) is 9.06. The van der Waals surface area contributed by atoms with Crippen molar-refractivity contribution in [1.29, 1.82) is 0 Å². The molecule has 2 atom stereocenters. The molecule has 0 radical (unpaired) electrons. The van der Waals surface area contributed by atoms with Crippen LogP contribution in [0, 0.1) is 11.3 Å². The summed E-state index contributed by atoms with van der Waals surface area (Å²) in [6.07, 6.45) is 8.58. The molecule has 1 aromatic rings. The highest BCUT2D eigenvalue weighted by Gasteiger charge is 2.45. The molecule has 1 aromatic carbocycles. The van der Waals surface area contributed by atoms with Crippen molar-refractivity contribution in [2.45, 2.75) is 94.8 Å². The standard InChI is InChI=1S/C30H42INS/c1-20-17-24-23(30(8,31)15-14-29(24,6)7)11-16-33-19-26(20)32-21-9-10-22-25(18-21)28(4,5)13-12-27(22,2)3/h9-11,18-19,24,32H,1,12-17H2,2-8H3/b23-11+,26-19+. The molecular weight excluding hydrogens is 533 g/mol. The first kappa shape index (κ1) is 25.4. The van der Waals surface area contributed by atoms with Crippen molar-refractivity contribution in [2.75, 3.05) is 11.1 Å². The Kier molecular flexibility index (Phi) is 6.75. The van der Waals surface area contributed by atoms with Gasteiger partial charge in [-0.3, -0.25) is 0 Å². The Labute approximate surface area is 220 Å². The van der Waals surface area contributed by atoms with Gasteiger partial charge in [-0.05, 0) is 95.4 Å². The average Bonchev–Trinajstić information content (AvgIpc) is 2.80. The van der Waals surface area contributed by atoms with Crippen LogP contribution in [0.25, 0.3) is 0 Å². The fourth-order valence-corrected chi connectivity index (χ4v) is 7.68. The van der Waals surface area contributed by atoms with Gasteiger partial charge in [-0.15, -0.1) is 11.8 Å². The second kappa shape index (κ2) is 8.76. The monoisotopic (exact) mass is 575 g/mol. The maximum Gasteiger partial charge on any atom is 0.0475 e. The number of fused-ring (bicyclic) bond motifs is 2. The van der Waals surface area contributed by atoms with Gasteiger partial charge in [-0.2, -0.15) is 0 Å². The minimum Gasteiger partial charge on any atom is -0.355 e. The predicted octanol–water partition coefficient (Wildman–Crippen LogP) is 9.54. The quantitative estimate of drug-likeness (QED) is 0.214. The van der Waals surface area contributed by atoms with Gasteiger partial charge < -0.3 is 5.32 Å². The molecule has 1 aliphatic heterocycles. The molecule has 0 aromatic heterocycles. The average molecular weight is 576 g/mol. The molecule has 0 spiro atoms. The maximum atomic E-state index is 4.60. The summed E-state index contributed by atoms with van der Waals surface area (Å²) in [4.78, 5) is 0. The van der Waals surface area contributed by atoms with Gasteiger partial charge in [0, 0.05) is 20.6 Å². The van der Waals surface area contributed by atoms with E-state index in [4.69, 9.17) is 0 Å². The van der Waals surface area contributed by atoms with E-state index < -0.39 is 0 Å². The lowest BCUT2D eigenvalue weighted by molar-refractivity contribution is 0.177. The highest BCUT2D eigenvalue weighted by molar-refractivity contribution is 14.1. The van der Waals surface area contributed by atoms with Gasteiger partial charge in [0.15, 0.2) is 0 Å². The molecule has 3 heteroatoms. The molecule has 33 heavy (non-hydrogen) atoms. The summed E-state index contributed by atoms with van der Waals surface area (Å²) in [6, 6.07) is 7.07. The third-order valence-electron chi connectivity index (χ3n) is 8.72. The number of rotatable bonds is 2. The molecule has 0 bridgehead atoms. The van der Waals surface area contributed by atoms with E-state index in [1.807, 2.05) is 11.8 Å². The number of nitrogens with one attached hydrogen (secondary N) is 1. The SMILES string of the molecule is C=C1CC2/C(=C\CS/C=C\1Nc1ccc3c(c1)C(C)(C)CCC3(C)C)C(C)(I)CCC2(C)C. The molecule has 4 rings (SSSR count). The van der Waals surface area contributed by atoms with Crippen molar-refractivity contribution >= 4 is 40.0 Å². The Morgan fingerprint density at radius 3 is 2.30 bits per heavy atom. The third kappa shape index (κ3) is 5.01. The Bertz CT molecular complexity index is 1010. The highest BCUT2D eigenvalue weighted by atomic mass is 127. The van der Waals surface area contributed by atoms with Crippen LogP contribution in [0.3, 0.4) is 0 Å². The fraction of sp³-hybridized carbons (Fsp3) is 0.600. The molecule has 3 aliphatic rings. The first-order valence-corrected chi connectivity index (χ1v) is 14.7. The van der Waals surface area contributed by atoms with Gasteiger partial charge in [0.05, 0.1) is 0 Å². The second-order valence-electron chi connectivity index (χ2n) is 12.7. The lowest BCUT2D eigenvalue weighted by Gasteiger charge is -2.48. The number of hydrogen-bond acceptors (Lipinski definition) is 2. The van der Waals surface area contributed by atoms with Crippen molar-refractivity contribution < 1.29 is 0 Å². The van der Waals surface area contributed by atoms with Crippen molar-refractivity contribution in [3.63, 3.8) is 0 Å². The summed E-state index contributed by atoms with van der Waals surface area (Å²) >= 11 is 4.59. The zero-order valence-corrected chi connectivity index (χ0v) is 24.7. The van der Waals surface area contributed by atoms with E-state index in [2.05, 4.69) is 113 Å². The van der Waals surface area contributed by atoms with Gasteiger partial charge >= 0.3 is 0 Å². The maximum absolute atomic E-state index is 4.60. The van der Waals surface area contributed by atoms with E-state index >= 15 is 0 Å². The molecule has 1 fully saturated rings. The molecule has 1 saturated carbocycles. The molecule has 2 unspecified atom stereocenters. The second-order valence-corrected chi connectivity index (χ2v) is 16.0. The molecule has 180 valence electrons. The predicted molar refractivity (Wildman–Crippen MR) is 157 cm³/mol. The van der Waals surface area contributed by atoms with Crippen LogP contribution in [-0.4, -0.2) is 9.17 Å². The van der Waals surface area contributed by atoms with Crippen LogP contribution in [0.5, 0.6) is 0 Å². The van der Waals surface area contributed by atoms with Crippen molar-refractivity contribution in [3.8, 4) is 0 Å². The van der Waals surface area contributed by atoms with E-state index in [9.17, 15) is 0 Å². The van der Waals surface area contributed by atoms with Crippen LogP contribution in [0.2, 0.25) is 0 Å². The van der Waals surface area contributed by atoms with E-state index in [0.717, 1.165) is 12.2 Å². The van der Waals surface area contributed by atoms with E-state index in [1.54, 1.807) is 5.57 Å². The lowest BCUT2D eigenvalue weighted by atomic mass is 9.61. The van der Waals surface area contributed by atoms with Crippen molar-refractivity contribution in [2.24, 2.45) is 11.3 Å². The zero-order valence-electron chi connectivity index (χ0n) is 21.7. The number of halogens is 1. The Morgan fingerprint density at radius 2 is 1.61 bits per heavy atom. The van der Waals surface area contributed by atoms with Gasteiger partial charge in [-0.1, -0.05) is 88.4 Å². The molecule has 1 nitrogen and oxygen atoms in total. The molecule has 0 amide bonds. The summed E-state index contributed by atoms with van der Waals surface area (Å²) < 4.78 is 0.258. The largest absolute Gasteiger partial charge is 0.355 e. The number of benzene rings is 1. The van der Waals surface area contributed by atoms with Crippen LogP contribution < -0.4 is 5.32 Å². The molecule has 0 saturated heterocycles. The van der Waals surface area contributed by atoms with Crippen LogP contribution in [-0.2, 0) is 10.8 Å². The Balaban J connectivity index is 1.62. The summed E-state index contributed by atoms with van der Waals surface area (Å²) in [5, 5.41) is 6.11. The van der Waals surface area contributed by atoms with E-state index in [1.165, 1.54) is 53.8 Å². The molecule has 1 heterocycles. The number of thioether (sulfide) groups is 1. The summed E-state index contributed by atoms with van der Waals surface area (Å²) in [7, 11) is 0. The van der Waals surface area contributed by atoms with Crippen LogP contribution >= 0.6 is 34.4 Å². The first-order chi connectivity index (χ1) is 15.2. The number of allylic oxidation sites excluding steroid dienone is 2. The molecule has 1 N–H and O–H groups in total. The van der Waals surface area contributed by atoms with Crippen molar-refractivity contribution in [3.05, 3.63) is 64.2 Å². The van der Waals surface area contributed by atoms with Gasteiger partial charge in [-0.25, -0.2) is 0 Å². The van der Waals surface area contributed by atoms with Crippen molar-refractivity contribution in [1.82, 2.24) is 0 Å². The summed E-state index contributed by atoms with van der Waals surface area (Å²) in [5.74, 6) is 1.58. The molecule has 2 aliphatic carbocycles. The topological polar surface area (TPSA) is 12.0 Å². The van der Waals surface area contributed by atoms with Gasteiger partial charge in [0.1, 0.15) is 0 Å². The van der Waals surface area contributed by atoms with Crippen LogP contribution in [0.4, 0.5) is 5.69 Å². The van der Waals surface area contributed by atoms with E-state index in [0.29, 0.717) is 11.3 Å². The Hall–Kier alpha value is -0.680. The van der Waals surface area contributed by atoms with Crippen LogP contribution in [0.15, 0.2) is 53.1 Å². The zero-order chi connectivity index (χ0) is 24.2. The minimum absolute atomic E-state index is 0.219. The smallest absolute Gasteiger partial charge is 0.0475 e.